The SMILES string of the molecule is CCCC(CCCN)c1ccc(OC)c(Cl)c1. The second kappa shape index (κ2) is 7.57. The van der Waals surface area contributed by atoms with Gasteiger partial charge >= 0.3 is 0 Å². The first-order valence-electron chi connectivity index (χ1n) is 6.26. The molecule has 0 spiro atoms. The van der Waals surface area contributed by atoms with Gasteiger partial charge in [-0.3, -0.25) is 0 Å². The lowest BCUT2D eigenvalue weighted by atomic mass is 9.90. The smallest absolute Gasteiger partial charge is 0.137 e. The fraction of sp³-hybridized carbons (Fsp3) is 0.571. The molecule has 0 saturated heterocycles. The van der Waals surface area contributed by atoms with E-state index in [4.69, 9.17) is 22.1 Å². The minimum atomic E-state index is 0.562. The molecule has 0 aromatic heterocycles. The van der Waals surface area contributed by atoms with Crippen molar-refractivity contribution in [2.45, 2.75) is 38.5 Å². The first-order chi connectivity index (χ1) is 8.22. The van der Waals surface area contributed by atoms with E-state index in [0.29, 0.717) is 10.9 Å². The van der Waals surface area contributed by atoms with Crippen LogP contribution in [0.15, 0.2) is 18.2 Å². The van der Waals surface area contributed by atoms with Gasteiger partial charge in [0.2, 0.25) is 0 Å². The Morgan fingerprint density at radius 1 is 1.35 bits per heavy atom. The van der Waals surface area contributed by atoms with Crippen molar-refractivity contribution in [3.63, 3.8) is 0 Å². The van der Waals surface area contributed by atoms with Gasteiger partial charge in [0.1, 0.15) is 5.75 Å². The van der Waals surface area contributed by atoms with Gasteiger partial charge in [-0.25, -0.2) is 0 Å². The molecule has 2 nitrogen and oxygen atoms in total. The van der Waals surface area contributed by atoms with E-state index in [2.05, 4.69) is 13.0 Å². The quantitative estimate of drug-likeness (QED) is 0.800. The van der Waals surface area contributed by atoms with Gasteiger partial charge in [0.15, 0.2) is 0 Å². The summed E-state index contributed by atoms with van der Waals surface area (Å²) in [4.78, 5) is 0. The lowest BCUT2D eigenvalue weighted by molar-refractivity contribution is 0.414. The zero-order valence-corrected chi connectivity index (χ0v) is 11.5. The molecule has 1 aromatic carbocycles. The summed E-state index contributed by atoms with van der Waals surface area (Å²) in [5, 5.41) is 0.693. The van der Waals surface area contributed by atoms with E-state index in [0.717, 1.165) is 25.1 Å². The molecule has 96 valence electrons. The molecule has 1 unspecified atom stereocenters. The van der Waals surface area contributed by atoms with Crippen molar-refractivity contribution in [1.82, 2.24) is 0 Å². The maximum atomic E-state index is 6.16. The van der Waals surface area contributed by atoms with Crippen LogP contribution < -0.4 is 10.5 Å². The monoisotopic (exact) mass is 255 g/mol. The highest BCUT2D eigenvalue weighted by molar-refractivity contribution is 6.32. The Bertz CT molecular complexity index is 341. The number of methoxy groups -OCH3 is 1. The van der Waals surface area contributed by atoms with E-state index in [1.54, 1.807) is 7.11 Å². The van der Waals surface area contributed by atoms with Crippen LogP contribution in [0.5, 0.6) is 5.75 Å². The fourth-order valence-corrected chi connectivity index (χ4v) is 2.39. The summed E-state index contributed by atoms with van der Waals surface area (Å²) in [7, 11) is 1.64. The largest absolute Gasteiger partial charge is 0.495 e. The number of hydrogen-bond donors (Lipinski definition) is 1. The van der Waals surface area contributed by atoms with Crippen LogP contribution in [0.1, 0.15) is 44.1 Å². The van der Waals surface area contributed by atoms with E-state index >= 15 is 0 Å². The molecule has 0 bridgehead atoms. The third-order valence-corrected chi connectivity index (χ3v) is 3.34. The Balaban J connectivity index is 2.82. The Morgan fingerprint density at radius 2 is 2.12 bits per heavy atom. The molecular formula is C14H22ClNO. The second-order valence-electron chi connectivity index (χ2n) is 4.31. The van der Waals surface area contributed by atoms with Crippen LogP contribution in [-0.2, 0) is 0 Å². The standard InChI is InChI=1S/C14H22ClNO/c1-3-5-11(6-4-9-16)12-7-8-14(17-2)13(15)10-12/h7-8,10-11H,3-6,9,16H2,1-2H3. The van der Waals surface area contributed by atoms with Crippen LogP contribution >= 0.6 is 11.6 Å². The summed E-state index contributed by atoms with van der Waals surface area (Å²) < 4.78 is 5.17. The first-order valence-corrected chi connectivity index (χ1v) is 6.64. The topological polar surface area (TPSA) is 35.2 Å². The van der Waals surface area contributed by atoms with Crippen LogP contribution in [0.2, 0.25) is 5.02 Å². The Hall–Kier alpha value is -0.730. The summed E-state index contributed by atoms with van der Waals surface area (Å²) in [6.45, 7) is 2.96. The average Bonchev–Trinajstić information content (AvgIpc) is 2.34. The van der Waals surface area contributed by atoms with Gasteiger partial charge in [0.25, 0.3) is 0 Å². The maximum absolute atomic E-state index is 6.16. The number of hydrogen-bond acceptors (Lipinski definition) is 2. The van der Waals surface area contributed by atoms with Gasteiger partial charge < -0.3 is 10.5 Å². The molecule has 0 heterocycles. The first kappa shape index (κ1) is 14.3. The molecule has 1 rings (SSSR count). The predicted molar refractivity (Wildman–Crippen MR) is 73.9 cm³/mol. The number of ether oxygens (including phenoxy) is 1. The van der Waals surface area contributed by atoms with Crippen molar-refractivity contribution < 1.29 is 4.74 Å². The summed E-state index contributed by atoms with van der Waals surface area (Å²) in [5.41, 5.74) is 6.88. The van der Waals surface area contributed by atoms with Gasteiger partial charge in [-0.2, -0.15) is 0 Å². The van der Waals surface area contributed by atoms with Crippen LogP contribution in [0.4, 0.5) is 0 Å². The normalized spacial score (nSPS) is 12.5. The number of halogens is 1. The van der Waals surface area contributed by atoms with E-state index in [1.165, 1.54) is 18.4 Å². The molecule has 0 fully saturated rings. The predicted octanol–water partition coefficient (Wildman–Crippen LogP) is 3.97. The van der Waals surface area contributed by atoms with Crippen molar-refractivity contribution in [3.05, 3.63) is 28.8 Å². The maximum Gasteiger partial charge on any atom is 0.137 e. The minimum absolute atomic E-state index is 0.562. The highest BCUT2D eigenvalue weighted by Crippen LogP contribution is 2.32. The molecule has 1 atom stereocenters. The van der Waals surface area contributed by atoms with Crippen molar-refractivity contribution >= 4 is 11.6 Å². The van der Waals surface area contributed by atoms with E-state index in [1.807, 2.05) is 12.1 Å². The highest BCUT2D eigenvalue weighted by Gasteiger charge is 2.12. The van der Waals surface area contributed by atoms with Crippen molar-refractivity contribution in [2.24, 2.45) is 5.73 Å². The van der Waals surface area contributed by atoms with Gasteiger partial charge in [-0.1, -0.05) is 31.0 Å². The van der Waals surface area contributed by atoms with Crippen molar-refractivity contribution in [2.75, 3.05) is 13.7 Å². The molecule has 0 amide bonds. The van der Waals surface area contributed by atoms with Crippen molar-refractivity contribution in [3.8, 4) is 5.75 Å². The molecule has 3 heteroatoms. The van der Waals surface area contributed by atoms with Crippen molar-refractivity contribution in [1.29, 1.82) is 0 Å². The zero-order chi connectivity index (χ0) is 12.7. The minimum Gasteiger partial charge on any atom is -0.495 e. The highest BCUT2D eigenvalue weighted by atomic mass is 35.5. The van der Waals surface area contributed by atoms with Gasteiger partial charge in [-0.05, 0) is 49.4 Å². The molecule has 0 saturated carbocycles. The lowest BCUT2D eigenvalue weighted by Crippen LogP contribution is -2.04. The molecule has 1 aromatic rings. The molecule has 0 radical (unpaired) electrons. The molecule has 0 aliphatic rings. The molecular weight excluding hydrogens is 234 g/mol. The van der Waals surface area contributed by atoms with Gasteiger partial charge in [-0.15, -0.1) is 0 Å². The van der Waals surface area contributed by atoms with Crippen LogP contribution in [0, 0.1) is 0 Å². The lowest BCUT2D eigenvalue weighted by Gasteiger charge is -2.17. The third kappa shape index (κ3) is 4.21. The van der Waals surface area contributed by atoms with E-state index in [9.17, 15) is 0 Å². The Kier molecular flexibility index (Phi) is 6.38. The van der Waals surface area contributed by atoms with Gasteiger partial charge in [0, 0.05) is 0 Å². The molecule has 0 aliphatic heterocycles. The zero-order valence-electron chi connectivity index (χ0n) is 10.7. The van der Waals surface area contributed by atoms with E-state index in [-0.39, 0.29) is 0 Å². The van der Waals surface area contributed by atoms with Gasteiger partial charge in [0.05, 0.1) is 12.1 Å². The molecule has 2 N–H and O–H groups in total. The Labute approximate surface area is 109 Å². The summed E-state index contributed by atoms with van der Waals surface area (Å²) in [6, 6.07) is 6.08. The second-order valence-corrected chi connectivity index (χ2v) is 4.72. The number of benzene rings is 1. The fourth-order valence-electron chi connectivity index (χ4n) is 2.13. The average molecular weight is 256 g/mol. The molecule has 17 heavy (non-hydrogen) atoms. The summed E-state index contributed by atoms with van der Waals surface area (Å²) >= 11 is 6.16. The van der Waals surface area contributed by atoms with Crippen LogP contribution in [0.3, 0.4) is 0 Å². The summed E-state index contributed by atoms with van der Waals surface area (Å²) in [6.07, 6.45) is 4.56. The van der Waals surface area contributed by atoms with E-state index < -0.39 is 0 Å². The summed E-state index contributed by atoms with van der Waals surface area (Å²) in [5.74, 6) is 1.30. The van der Waals surface area contributed by atoms with Crippen LogP contribution in [-0.4, -0.2) is 13.7 Å². The number of rotatable bonds is 7. The third-order valence-electron chi connectivity index (χ3n) is 3.04. The molecule has 0 aliphatic carbocycles. The number of nitrogens with two attached hydrogens (primary N) is 1. The Morgan fingerprint density at radius 3 is 2.65 bits per heavy atom. The van der Waals surface area contributed by atoms with Crippen LogP contribution in [0.25, 0.3) is 0 Å².